The van der Waals surface area contributed by atoms with Crippen molar-refractivity contribution in [2.24, 2.45) is 10.8 Å². The molecule has 20 heavy (non-hydrogen) atoms. The number of rotatable bonds is 0. The number of hydrogen-bond donors (Lipinski definition) is 0. The summed E-state index contributed by atoms with van der Waals surface area (Å²) in [5.41, 5.74) is 1.44. The van der Waals surface area contributed by atoms with Gasteiger partial charge in [0, 0.05) is 0 Å². The molecule has 0 aromatic rings. The summed E-state index contributed by atoms with van der Waals surface area (Å²) in [6, 6.07) is 0. The fourth-order valence-corrected chi connectivity index (χ4v) is 1.77. The van der Waals surface area contributed by atoms with Gasteiger partial charge in [0.25, 0.3) is 0 Å². The Balaban J connectivity index is -0.0000000863. The third-order valence-electron chi connectivity index (χ3n) is 3.41. The molecule has 2 fully saturated rings. The number of hydrogen-bond acceptors (Lipinski definition) is 0. The zero-order chi connectivity index (χ0) is 17.2. The van der Waals surface area contributed by atoms with Gasteiger partial charge in [-0.1, -0.05) is 82.1 Å². The van der Waals surface area contributed by atoms with Crippen LogP contribution in [0, 0.1) is 10.8 Å². The Hall–Kier alpha value is -0.260. The molecule has 0 radical (unpaired) electrons. The minimum atomic E-state index is 0.722. The van der Waals surface area contributed by atoms with E-state index in [0.29, 0.717) is 0 Å². The summed E-state index contributed by atoms with van der Waals surface area (Å²) >= 11 is 0. The Bertz CT molecular complexity index is 123. The van der Waals surface area contributed by atoms with Crippen molar-refractivity contribution in [2.45, 2.75) is 108 Å². The molecule has 126 valence electrons. The first-order valence-electron chi connectivity index (χ1n) is 8.91. The van der Waals surface area contributed by atoms with E-state index in [0.717, 1.165) is 10.8 Å². The molecule has 0 unspecified atom stereocenters. The van der Waals surface area contributed by atoms with E-state index in [9.17, 15) is 0 Å². The monoisotopic (exact) mass is 286 g/mol. The highest BCUT2D eigenvalue weighted by molar-refractivity contribution is 4.77. The summed E-state index contributed by atoms with van der Waals surface area (Å²) in [7, 11) is 0. The Morgan fingerprint density at radius 1 is 0.500 bits per heavy atom. The minimum absolute atomic E-state index is 0.722. The second-order valence-corrected chi connectivity index (χ2v) is 6.04. The average molecular weight is 287 g/mol. The van der Waals surface area contributed by atoms with Crippen LogP contribution < -0.4 is 0 Å². The third-order valence-corrected chi connectivity index (χ3v) is 3.41. The van der Waals surface area contributed by atoms with Crippen molar-refractivity contribution in [1.82, 2.24) is 0 Å². The molecule has 0 spiro atoms. The lowest BCUT2D eigenvalue weighted by molar-refractivity contribution is 0.190. The summed E-state index contributed by atoms with van der Waals surface area (Å²) < 4.78 is 0. The van der Waals surface area contributed by atoms with Gasteiger partial charge in [-0.15, -0.1) is 13.2 Å². The molecule has 2 aliphatic carbocycles. The summed E-state index contributed by atoms with van der Waals surface area (Å²) in [5.74, 6) is 0. The quantitative estimate of drug-likeness (QED) is 0.393. The molecule has 0 aromatic carbocycles. The highest BCUT2D eigenvalue weighted by Gasteiger charge is 2.25. The molecule has 0 heteroatoms. The van der Waals surface area contributed by atoms with Crippen molar-refractivity contribution in [3.63, 3.8) is 0 Å². The Morgan fingerprint density at radius 2 is 0.600 bits per heavy atom. The van der Waals surface area contributed by atoms with Gasteiger partial charge in [-0.2, -0.15) is 0 Å². The topological polar surface area (TPSA) is 0 Å². The molecule has 0 heterocycles. The largest absolute Gasteiger partial charge is 0.106 e. The van der Waals surface area contributed by atoms with Crippen LogP contribution in [0.15, 0.2) is 13.2 Å². The molecule has 2 rings (SSSR count). The third kappa shape index (κ3) is 20.1. The predicted octanol–water partition coefficient (Wildman–Crippen LogP) is 8.27. The van der Waals surface area contributed by atoms with Gasteiger partial charge < -0.3 is 0 Å². The lowest BCUT2D eigenvalue weighted by atomic mass is 9.72. The van der Waals surface area contributed by atoms with E-state index >= 15 is 0 Å². The van der Waals surface area contributed by atoms with E-state index in [1.54, 1.807) is 0 Å². The average Bonchev–Trinajstić information content (AvgIpc) is 2.45. The van der Waals surface area contributed by atoms with Gasteiger partial charge in [0.1, 0.15) is 0 Å². The van der Waals surface area contributed by atoms with Crippen LogP contribution in [0.5, 0.6) is 0 Å². The predicted molar refractivity (Wildman–Crippen MR) is 101 cm³/mol. The maximum atomic E-state index is 3.00. The smallest absolute Gasteiger partial charge is 0.0354 e. The Kier molecular flexibility index (Phi) is 26.2. The normalized spacial score (nSPS) is 18.5. The highest BCUT2D eigenvalue weighted by atomic mass is 14.3. The maximum Gasteiger partial charge on any atom is -0.0354 e. The zero-order valence-electron chi connectivity index (χ0n) is 16.7. The molecule has 0 nitrogen and oxygen atoms in total. The molecule has 0 aliphatic heterocycles. The van der Waals surface area contributed by atoms with E-state index < -0.39 is 0 Å². The fourth-order valence-electron chi connectivity index (χ4n) is 1.77. The van der Waals surface area contributed by atoms with Crippen LogP contribution in [0.3, 0.4) is 0 Å². The Morgan fingerprint density at radius 3 is 0.600 bits per heavy atom. The summed E-state index contributed by atoms with van der Waals surface area (Å²) in [4.78, 5) is 0. The minimum Gasteiger partial charge on any atom is -0.106 e. The van der Waals surface area contributed by atoms with Crippen molar-refractivity contribution in [3.8, 4) is 0 Å². The molecule has 0 saturated heterocycles. The fraction of sp³-hybridized carbons (Fsp3) is 0.900. The highest BCUT2D eigenvalue weighted by Crippen LogP contribution is 2.39. The summed E-state index contributed by atoms with van der Waals surface area (Å²) in [6.45, 7) is 27.3. The summed E-state index contributed by atoms with van der Waals surface area (Å²) in [5, 5.41) is 0. The van der Waals surface area contributed by atoms with Crippen LogP contribution in [0.4, 0.5) is 0 Å². The zero-order valence-corrected chi connectivity index (χ0v) is 16.7. The van der Waals surface area contributed by atoms with Crippen molar-refractivity contribution in [1.29, 1.82) is 0 Å². The molecular formula is C20H46. The van der Waals surface area contributed by atoms with Gasteiger partial charge in [-0.05, 0) is 36.5 Å². The molecule has 0 bridgehead atoms. The standard InChI is InChI=1S/2C6H12.3C2H6.C2H4/c2*1-6(2)4-3-5-6;4*1-2/h2*3-5H2,1-2H3;3*1-2H3;1-2H2. The molecule has 0 atom stereocenters. The molecular weight excluding hydrogens is 240 g/mol. The second-order valence-electron chi connectivity index (χ2n) is 6.04. The van der Waals surface area contributed by atoms with Crippen LogP contribution in [-0.2, 0) is 0 Å². The van der Waals surface area contributed by atoms with Gasteiger partial charge in [0.05, 0.1) is 0 Å². The van der Waals surface area contributed by atoms with Crippen LogP contribution in [0.1, 0.15) is 108 Å². The van der Waals surface area contributed by atoms with Gasteiger partial charge in [-0.3, -0.25) is 0 Å². The van der Waals surface area contributed by atoms with Crippen molar-refractivity contribution >= 4 is 0 Å². The van der Waals surface area contributed by atoms with Gasteiger partial charge in [-0.25, -0.2) is 0 Å². The molecule has 0 amide bonds. The van der Waals surface area contributed by atoms with E-state index in [-0.39, 0.29) is 0 Å². The van der Waals surface area contributed by atoms with Gasteiger partial charge >= 0.3 is 0 Å². The van der Waals surface area contributed by atoms with E-state index in [1.165, 1.54) is 38.5 Å². The first-order valence-corrected chi connectivity index (χ1v) is 8.91. The first-order chi connectivity index (χ1) is 9.41. The van der Waals surface area contributed by atoms with Crippen molar-refractivity contribution < 1.29 is 0 Å². The maximum absolute atomic E-state index is 3.00. The van der Waals surface area contributed by atoms with Gasteiger partial charge in [0.15, 0.2) is 0 Å². The second kappa shape index (κ2) is 18.7. The molecule has 2 saturated carbocycles. The van der Waals surface area contributed by atoms with Crippen LogP contribution in [0.2, 0.25) is 0 Å². The summed E-state index contributed by atoms with van der Waals surface area (Å²) in [6.07, 6.45) is 8.74. The van der Waals surface area contributed by atoms with E-state index in [1.807, 2.05) is 41.5 Å². The van der Waals surface area contributed by atoms with E-state index in [4.69, 9.17) is 0 Å². The van der Waals surface area contributed by atoms with Crippen LogP contribution >= 0.6 is 0 Å². The van der Waals surface area contributed by atoms with Gasteiger partial charge in [0.2, 0.25) is 0 Å². The van der Waals surface area contributed by atoms with Crippen LogP contribution in [-0.4, -0.2) is 0 Å². The molecule has 2 aliphatic rings. The SMILES string of the molecule is C=C.CC.CC.CC.CC1(C)CCC1.CC1(C)CCC1. The Labute approximate surface area is 132 Å². The first kappa shape index (κ1) is 28.0. The molecule has 0 N–H and O–H groups in total. The lowest BCUT2D eigenvalue weighted by Gasteiger charge is -2.33. The lowest BCUT2D eigenvalue weighted by Crippen LogP contribution is -2.20. The van der Waals surface area contributed by atoms with Crippen LogP contribution in [0.25, 0.3) is 0 Å². The van der Waals surface area contributed by atoms with Crippen molar-refractivity contribution in [2.75, 3.05) is 0 Å². The van der Waals surface area contributed by atoms with E-state index in [2.05, 4.69) is 40.9 Å². The molecule has 0 aromatic heterocycles. The van der Waals surface area contributed by atoms with Crippen molar-refractivity contribution in [3.05, 3.63) is 13.2 Å².